The monoisotopic (exact) mass is 374 g/mol. The van der Waals surface area contributed by atoms with E-state index in [2.05, 4.69) is 13.8 Å². The summed E-state index contributed by atoms with van der Waals surface area (Å²) in [5, 5.41) is 0. The van der Waals surface area contributed by atoms with Crippen LogP contribution in [0, 0.1) is 28.6 Å². The van der Waals surface area contributed by atoms with Crippen molar-refractivity contribution in [3.63, 3.8) is 0 Å². The topological polar surface area (TPSA) is 57.3 Å². The molecule has 0 unspecified atom stereocenters. The predicted molar refractivity (Wildman–Crippen MR) is 97.0 cm³/mol. The van der Waals surface area contributed by atoms with E-state index in [9.17, 15) is 4.79 Å². The Bertz CT molecular complexity index is 724. The van der Waals surface area contributed by atoms with Crippen molar-refractivity contribution in [1.82, 2.24) is 0 Å². The number of allylic oxidation sites excluding steroid dienone is 1. The second-order valence-corrected chi connectivity index (χ2v) is 10.1. The zero-order chi connectivity index (χ0) is 18.6. The second kappa shape index (κ2) is 5.24. The molecular weight excluding hydrogens is 344 g/mol. The summed E-state index contributed by atoms with van der Waals surface area (Å²) in [5.74, 6) is 0.337. The van der Waals surface area contributed by atoms with Crippen LogP contribution in [0.25, 0.3) is 0 Å². The molecular formula is C22H30O5. The Morgan fingerprint density at radius 2 is 1.89 bits per heavy atom. The van der Waals surface area contributed by atoms with Crippen molar-refractivity contribution in [2.45, 2.75) is 70.1 Å². The fraction of sp³-hybridized carbons (Fsp3) is 0.864. The zero-order valence-corrected chi connectivity index (χ0v) is 16.5. The van der Waals surface area contributed by atoms with E-state index in [0.29, 0.717) is 31.0 Å². The number of hydrogen-bond acceptors (Lipinski definition) is 5. The first-order valence-corrected chi connectivity index (χ1v) is 10.7. The fourth-order valence-corrected chi connectivity index (χ4v) is 7.84. The molecule has 0 bridgehead atoms. The summed E-state index contributed by atoms with van der Waals surface area (Å²) in [6.07, 6.45) is 7.67. The maximum atomic E-state index is 13.4. The van der Waals surface area contributed by atoms with Gasteiger partial charge in [-0.25, -0.2) is 0 Å². The lowest BCUT2D eigenvalue weighted by Gasteiger charge is -2.57. The highest BCUT2D eigenvalue weighted by Gasteiger charge is 2.72. The molecule has 0 N–H and O–H groups in total. The van der Waals surface area contributed by atoms with Gasteiger partial charge in [0.1, 0.15) is 12.2 Å². The second-order valence-electron chi connectivity index (χ2n) is 10.1. The summed E-state index contributed by atoms with van der Waals surface area (Å²) in [6.45, 7) is 5.91. The Hall–Kier alpha value is -0.750. The molecule has 5 fully saturated rings. The average Bonchev–Trinajstić information content (AvgIpc) is 3.19. The molecule has 0 aromatic carbocycles. The van der Waals surface area contributed by atoms with E-state index in [1.807, 2.05) is 6.08 Å². The standard InChI is InChI=1S/C22H30O5/c1-20-6-5-16-19(27-16)14(20)10-15(23)18-12(20)4-7-21(2)13(18)11-17(24-3)22(21)25-8-9-26-22/h10,12-13,16-19H,4-9,11H2,1-3H3/t12-,13-,16+,17+,18+,19-,20+,21-/m0/s1. The Morgan fingerprint density at radius 1 is 1.11 bits per heavy atom. The molecule has 2 heterocycles. The SMILES string of the molecule is CO[C@@H]1C[C@H]2[C@@H]3C(=O)C=C4[C@@H]5O[C@@H]5CC[C@]4(C)[C@H]3CC[C@]2(C)C12OCCO2. The summed E-state index contributed by atoms with van der Waals surface area (Å²) < 4.78 is 24.3. The number of carbonyl (C=O) groups excluding carboxylic acids is 1. The van der Waals surface area contributed by atoms with E-state index in [4.69, 9.17) is 18.9 Å². The largest absolute Gasteiger partial charge is 0.376 e. The van der Waals surface area contributed by atoms with Gasteiger partial charge in [-0.05, 0) is 61.0 Å². The molecule has 0 aromatic rings. The molecule has 1 spiro atoms. The number of epoxide rings is 1. The quantitative estimate of drug-likeness (QED) is 0.661. The number of methoxy groups -OCH3 is 1. The van der Waals surface area contributed by atoms with Crippen LogP contribution in [0.4, 0.5) is 0 Å². The van der Waals surface area contributed by atoms with E-state index in [-0.39, 0.29) is 34.9 Å². The number of hydrogen-bond donors (Lipinski definition) is 0. The van der Waals surface area contributed by atoms with Crippen molar-refractivity contribution in [1.29, 1.82) is 0 Å². The third-order valence-corrected chi connectivity index (χ3v) is 9.29. The Labute approximate surface area is 160 Å². The van der Waals surface area contributed by atoms with Gasteiger partial charge in [0.15, 0.2) is 5.78 Å². The molecule has 6 aliphatic rings. The van der Waals surface area contributed by atoms with Gasteiger partial charge in [0.2, 0.25) is 5.79 Å². The number of carbonyl (C=O) groups is 1. The molecule has 4 aliphatic carbocycles. The Kier molecular flexibility index (Phi) is 3.32. The van der Waals surface area contributed by atoms with Gasteiger partial charge in [-0.1, -0.05) is 13.8 Å². The van der Waals surface area contributed by atoms with Crippen molar-refractivity contribution in [2.75, 3.05) is 20.3 Å². The summed E-state index contributed by atoms with van der Waals surface area (Å²) in [7, 11) is 1.75. The molecule has 2 saturated heterocycles. The van der Waals surface area contributed by atoms with Crippen LogP contribution >= 0.6 is 0 Å². The average molecular weight is 374 g/mol. The highest BCUT2D eigenvalue weighted by atomic mass is 16.8. The van der Waals surface area contributed by atoms with Crippen LogP contribution in [0.15, 0.2) is 11.6 Å². The van der Waals surface area contributed by atoms with Gasteiger partial charge in [0, 0.05) is 18.4 Å². The first-order chi connectivity index (χ1) is 12.9. The van der Waals surface area contributed by atoms with Crippen LogP contribution in [0.5, 0.6) is 0 Å². The molecule has 2 aliphatic heterocycles. The summed E-state index contributed by atoms with van der Waals surface area (Å²) in [5.41, 5.74) is 1.22. The normalized spacial score (nSPS) is 54.8. The third-order valence-electron chi connectivity index (χ3n) is 9.29. The molecule has 0 aromatic heterocycles. The van der Waals surface area contributed by atoms with Crippen LogP contribution < -0.4 is 0 Å². The molecule has 3 saturated carbocycles. The van der Waals surface area contributed by atoms with Crippen molar-refractivity contribution >= 4 is 5.78 Å². The van der Waals surface area contributed by atoms with Gasteiger partial charge in [-0.2, -0.15) is 0 Å². The van der Waals surface area contributed by atoms with Crippen LogP contribution in [0.3, 0.4) is 0 Å². The molecule has 8 atom stereocenters. The lowest BCUT2D eigenvalue weighted by molar-refractivity contribution is -0.276. The molecule has 6 rings (SSSR count). The molecule has 0 radical (unpaired) electrons. The third kappa shape index (κ3) is 1.88. The molecule has 27 heavy (non-hydrogen) atoms. The summed E-state index contributed by atoms with van der Waals surface area (Å²) in [4.78, 5) is 13.4. The van der Waals surface area contributed by atoms with Crippen molar-refractivity contribution in [2.24, 2.45) is 28.6 Å². The van der Waals surface area contributed by atoms with Gasteiger partial charge >= 0.3 is 0 Å². The van der Waals surface area contributed by atoms with Crippen molar-refractivity contribution < 1.29 is 23.7 Å². The van der Waals surface area contributed by atoms with Crippen molar-refractivity contribution in [3.05, 3.63) is 11.6 Å². The first-order valence-electron chi connectivity index (χ1n) is 10.7. The molecule has 0 amide bonds. The smallest absolute Gasteiger partial charge is 0.200 e. The number of ether oxygens (including phenoxy) is 4. The van der Waals surface area contributed by atoms with Crippen LogP contribution in [0.2, 0.25) is 0 Å². The Balaban J connectivity index is 1.43. The first kappa shape index (κ1) is 17.1. The number of rotatable bonds is 1. The summed E-state index contributed by atoms with van der Waals surface area (Å²) >= 11 is 0. The van der Waals surface area contributed by atoms with Gasteiger partial charge in [0.25, 0.3) is 0 Å². The van der Waals surface area contributed by atoms with Gasteiger partial charge in [-0.3, -0.25) is 4.79 Å². The minimum atomic E-state index is -0.681. The minimum Gasteiger partial charge on any atom is -0.376 e. The lowest BCUT2D eigenvalue weighted by Crippen LogP contribution is -2.58. The highest BCUT2D eigenvalue weighted by Crippen LogP contribution is 2.69. The van der Waals surface area contributed by atoms with E-state index in [1.165, 1.54) is 5.57 Å². The van der Waals surface area contributed by atoms with Gasteiger partial charge in [0.05, 0.1) is 19.3 Å². The van der Waals surface area contributed by atoms with Gasteiger partial charge < -0.3 is 18.9 Å². The summed E-state index contributed by atoms with van der Waals surface area (Å²) in [6, 6.07) is 0. The fourth-order valence-electron chi connectivity index (χ4n) is 7.84. The van der Waals surface area contributed by atoms with Crippen LogP contribution in [0.1, 0.15) is 46.0 Å². The van der Waals surface area contributed by atoms with Crippen LogP contribution in [-0.2, 0) is 23.7 Å². The number of fused-ring (bicyclic) bond motifs is 8. The highest BCUT2D eigenvalue weighted by molar-refractivity contribution is 5.95. The molecule has 5 heteroatoms. The minimum absolute atomic E-state index is 0.0534. The van der Waals surface area contributed by atoms with Crippen LogP contribution in [-0.4, -0.2) is 50.2 Å². The molecule has 5 nitrogen and oxygen atoms in total. The molecule has 148 valence electrons. The Morgan fingerprint density at radius 3 is 2.63 bits per heavy atom. The van der Waals surface area contributed by atoms with E-state index in [1.54, 1.807) is 7.11 Å². The van der Waals surface area contributed by atoms with E-state index < -0.39 is 5.79 Å². The maximum Gasteiger partial charge on any atom is 0.200 e. The number of ketones is 1. The van der Waals surface area contributed by atoms with Gasteiger partial charge in [-0.15, -0.1) is 0 Å². The van der Waals surface area contributed by atoms with E-state index in [0.717, 1.165) is 32.1 Å². The lowest BCUT2D eigenvalue weighted by atomic mass is 9.47. The van der Waals surface area contributed by atoms with Crippen molar-refractivity contribution in [3.8, 4) is 0 Å². The zero-order valence-electron chi connectivity index (χ0n) is 16.5. The van der Waals surface area contributed by atoms with E-state index >= 15 is 0 Å². The maximum absolute atomic E-state index is 13.4. The predicted octanol–water partition coefficient (Wildman–Crippen LogP) is 2.87.